The molecule has 98 valence electrons. The average Bonchev–Trinajstić information content (AvgIpc) is 2.42. The number of aromatic nitrogens is 1. The maximum absolute atomic E-state index is 11.6. The summed E-state index contributed by atoms with van der Waals surface area (Å²) in [6.07, 6.45) is 3.22. The Bertz CT molecular complexity index is 572. The van der Waals surface area contributed by atoms with Crippen molar-refractivity contribution in [1.82, 2.24) is 4.98 Å². The Hall–Kier alpha value is -2.07. The molecule has 0 saturated carbocycles. The van der Waals surface area contributed by atoms with Gasteiger partial charge in [-0.05, 0) is 37.3 Å². The van der Waals surface area contributed by atoms with Crippen molar-refractivity contribution in [2.75, 3.05) is 6.61 Å². The van der Waals surface area contributed by atoms with Crippen LogP contribution in [0.5, 0.6) is 11.5 Å². The molecule has 5 heteroatoms. The van der Waals surface area contributed by atoms with E-state index in [0.29, 0.717) is 28.7 Å². The van der Waals surface area contributed by atoms with Crippen molar-refractivity contribution >= 4 is 17.6 Å². The van der Waals surface area contributed by atoms with Gasteiger partial charge in [0.05, 0.1) is 17.2 Å². The summed E-state index contributed by atoms with van der Waals surface area (Å²) in [5, 5.41) is 0.421. The number of halogens is 1. The normalized spacial score (nSPS) is 10.0. The molecule has 0 fully saturated rings. The van der Waals surface area contributed by atoms with Gasteiger partial charge >= 0.3 is 5.97 Å². The predicted molar refractivity (Wildman–Crippen MR) is 71.7 cm³/mol. The van der Waals surface area contributed by atoms with Crippen LogP contribution in [0.1, 0.15) is 17.3 Å². The molecule has 2 rings (SSSR count). The van der Waals surface area contributed by atoms with Crippen LogP contribution < -0.4 is 4.74 Å². The van der Waals surface area contributed by atoms with Crippen molar-refractivity contribution in [2.45, 2.75) is 6.92 Å². The van der Waals surface area contributed by atoms with Crippen molar-refractivity contribution < 1.29 is 14.3 Å². The fourth-order valence-corrected chi connectivity index (χ4v) is 1.61. The number of benzene rings is 1. The molecule has 0 bridgehead atoms. The SMILES string of the molecule is CCOC(=O)c1ccc(Cl)c(Oc2ccncc2)c1. The molecule has 0 atom stereocenters. The Morgan fingerprint density at radius 1 is 1.26 bits per heavy atom. The van der Waals surface area contributed by atoms with Gasteiger partial charge in [0.1, 0.15) is 11.5 Å². The molecular weight excluding hydrogens is 266 g/mol. The molecule has 1 heterocycles. The predicted octanol–water partition coefficient (Wildman–Crippen LogP) is 3.70. The first-order chi connectivity index (χ1) is 9.20. The Kier molecular flexibility index (Phi) is 4.36. The zero-order valence-electron chi connectivity index (χ0n) is 10.3. The second-order valence-corrected chi connectivity index (χ2v) is 4.06. The molecular formula is C14H12ClNO3. The molecule has 0 unspecified atom stereocenters. The van der Waals surface area contributed by atoms with Gasteiger partial charge in [0.2, 0.25) is 0 Å². The van der Waals surface area contributed by atoms with E-state index in [0.717, 1.165) is 0 Å². The summed E-state index contributed by atoms with van der Waals surface area (Å²) in [7, 11) is 0. The minimum atomic E-state index is -0.404. The lowest BCUT2D eigenvalue weighted by molar-refractivity contribution is 0.0526. The van der Waals surface area contributed by atoms with Crippen molar-refractivity contribution in [3.8, 4) is 11.5 Å². The maximum atomic E-state index is 11.6. The van der Waals surface area contributed by atoms with Gasteiger partial charge in [0, 0.05) is 12.4 Å². The number of hydrogen-bond acceptors (Lipinski definition) is 4. The molecule has 19 heavy (non-hydrogen) atoms. The van der Waals surface area contributed by atoms with Gasteiger partial charge in [-0.3, -0.25) is 4.98 Å². The highest BCUT2D eigenvalue weighted by molar-refractivity contribution is 6.32. The minimum absolute atomic E-state index is 0.321. The van der Waals surface area contributed by atoms with Crippen LogP contribution >= 0.6 is 11.6 Å². The molecule has 0 aliphatic heterocycles. The van der Waals surface area contributed by atoms with Gasteiger partial charge in [0.25, 0.3) is 0 Å². The Balaban J connectivity index is 2.25. The number of ether oxygens (including phenoxy) is 2. The molecule has 0 aliphatic rings. The fraction of sp³-hybridized carbons (Fsp3) is 0.143. The molecule has 2 aromatic rings. The van der Waals surface area contributed by atoms with Crippen LogP contribution in [0.4, 0.5) is 0 Å². The van der Waals surface area contributed by atoms with Crippen LogP contribution in [-0.2, 0) is 4.74 Å². The lowest BCUT2D eigenvalue weighted by Crippen LogP contribution is -2.04. The topological polar surface area (TPSA) is 48.4 Å². The van der Waals surface area contributed by atoms with Gasteiger partial charge in [-0.1, -0.05) is 11.6 Å². The first-order valence-electron chi connectivity index (χ1n) is 5.75. The third kappa shape index (κ3) is 3.45. The lowest BCUT2D eigenvalue weighted by Gasteiger charge is -2.09. The number of carbonyl (C=O) groups excluding carboxylic acids is 1. The van der Waals surface area contributed by atoms with Crippen LogP contribution in [0.25, 0.3) is 0 Å². The average molecular weight is 278 g/mol. The van der Waals surface area contributed by atoms with Gasteiger partial charge in [-0.25, -0.2) is 4.79 Å². The summed E-state index contributed by atoms with van der Waals surface area (Å²) in [6, 6.07) is 8.16. The maximum Gasteiger partial charge on any atom is 0.338 e. The highest BCUT2D eigenvalue weighted by atomic mass is 35.5. The number of carbonyl (C=O) groups is 1. The van der Waals surface area contributed by atoms with Gasteiger partial charge in [-0.15, -0.1) is 0 Å². The van der Waals surface area contributed by atoms with Crippen molar-refractivity contribution in [3.05, 3.63) is 53.3 Å². The number of esters is 1. The number of pyridine rings is 1. The zero-order valence-corrected chi connectivity index (χ0v) is 11.1. The van der Waals surface area contributed by atoms with Crippen molar-refractivity contribution in [1.29, 1.82) is 0 Å². The van der Waals surface area contributed by atoms with E-state index in [1.807, 2.05) is 0 Å². The molecule has 0 radical (unpaired) electrons. The van der Waals surface area contributed by atoms with Crippen LogP contribution in [0.2, 0.25) is 5.02 Å². The zero-order chi connectivity index (χ0) is 13.7. The number of rotatable bonds is 4. The summed E-state index contributed by atoms with van der Waals surface area (Å²) in [5.41, 5.74) is 0.398. The molecule has 1 aromatic heterocycles. The fourth-order valence-electron chi connectivity index (χ4n) is 1.46. The Labute approximate surface area is 115 Å². The standard InChI is InChI=1S/C14H12ClNO3/c1-2-18-14(17)10-3-4-12(15)13(9-10)19-11-5-7-16-8-6-11/h3-9H,2H2,1H3. The van der Waals surface area contributed by atoms with E-state index < -0.39 is 5.97 Å². The molecule has 1 aromatic carbocycles. The van der Waals surface area contributed by atoms with E-state index in [9.17, 15) is 4.79 Å². The first kappa shape index (κ1) is 13.4. The van der Waals surface area contributed by atoms with Crippen LogP contribution in [0, 0.1) is 0 Å². The highest BCUT2D eigenvalue weighted by Gasteiger charge is 2.11. The van der Waals surface area contributed by atoms with E-state index in [1.54, 1.807) is 49.6 Å². The summed E-state index contributed by atoms with van der Waals surface area (Å²) >= 11 is 6.04. The highest BCUT2D eigenvalue weighted by Crippen LogP contribution is 2.30. The molecule has 0 aliphatic carbocycles. The second kappa shape index (κ2) is 6.20. The van der Waals surface area contributed by atoms with Gasteiger partial charge < -0.3 is 9.47 Å². The number of nitrogens with zero attached hydrogens (tertiary/aromatic N) is 1. The van der Waals surface area contributed by atoms with Gasteiger partial charge in [0.15, 0.2) is 0 Å². The first-order valence-corrected chi connectivity index (χ1v) is 6.13. The summed E-state index contributed by atoms with van der Waals surface area (Å²) in [5.74, 6) is 0.593. The van der Waals surface area contributed by atoms with Crippen molar-refractivity contribution in [2.24, 2.45) is 0 Å². The van der Waals surface area contributed by atoms with E-state index in [4.69, 9.17) is 21.1 Å². The van der Waals surface area contributed by atoms with Crippen molar-refractivity contribution in [3.63, 3.8) is 0 Å². The van der Waals surface area contributed by atoms with E-state index in [-0.39, 0.29) is 0 Å². The van der Waals surface area contributed by atoms with Crippen LogP contribution in [0.3, 0.4) is 0 Å². The van der Waals surface area contributed by atoms with E-state index in [1.165, 1.54) is 0 Å². The third-order valence-corrected chi connectivity index (χ3v) is 2.63. The smallest absolute Gasteiger partial charge is 0.338 e. The summed E-state index contributed by atoms with van der Waals surface area (Å²) < 4.78 is 10.5. The van der Waals surface area contributed by atoms with E-state index in [2.05, 4.69) is 4.98 Å². The third-order valence-electron chi connectivity index (χ3n) is 2.32. The largest absolute Gasteiger partial charge is 0.462 e. The quantitative estimate of drug-likeness (QED) is 0.800. The summed E-state index contributed by atoms with van der Waals surface area (Å²) in [6.45, 7) is 2.07. The van der Waals surface area contributed by atoms with Crippen LogP contribution in [-0.4, -0.2) is 17.6 Å². The lowest BCUT2D eigenvalue weighted by atomic mass is 10.2. The second-order valence-electron chi connectivity index (χ2n) is 3.65. The minimum Gasteiger partial charge on any atom is -0.462 e. The monoisotopic (exact) mass is 277 g/mol. The molecule has 0 N–H and O–H groups in total. The van der Waals surface area contributed by atoms with Gasteiger partial charge in [-0.2, -0.15) is 0 Å². The van der Waals surface area contributed by atoms with Crippen LogP contribution in [0.15, 0.2) is 42.7 Å². The Morgan fingerprint density at radius 2 is 2.00 bits per heavy atom. The molecule has 0 spiro atoms. The molecule has 0 saturated heterocycles. The summed E-state index contributed by atoms with van der Waals surface area (Å²) in [4.78, 5) is 15.5. The molecule has 0 amide bonds. The van der Waals surface area contributed by atoms with E-state index >= 15 is 0 Å². The Morgan fingerprint density at radius 3 is 2.68 bits per heavy atom. The number of hydrogen-bond donors (Lipinski definition) is 0. The molecule has 4 nitrogen and oxygen atoms in total.